The summed E-state index contributed by atoms with van der Waals surface area (Å²) in [5, 5.41) is 2.78. The lowest BCUT2D eigenvalue weighted by atomic mass is 9.87. The molecule has 0 atom stereocenters. The predicted molar refractivity (Wildman–Crippen MR) is 144 cm³/mol. The van der Waals surface area contributed by atoms with E-state index in [0.29, 0.717) is 5.69 Å². The molecule has 1 saturated heterocycles. The van der Waals surface area contributed by atoms with Gasteiger partial charge >= 0.3 is 0 Å². The number of hydrogen-bond acceptors (Lipinski definition) is 4. The smallest absolute Gasteiger partial charge is 0.270 e. The van der Waals surface area contributed by atoms with Crippen molar-refractivity contribution in [2.24, 2.45) is 0 Å². The average Bonchev–Trinajstić information content (AvgIpc) is 2.73. The summed E-state index contributed by atoms with van der Waals surface area (Å²) in [6, 6.07) is 11.9. The van der Waals surface area contributed by atoms with Crippen LogP contribution in [0, 0.1) is 13.8 Å². The fourth-order valence-electron chi connectivity index (χ4n) is 4.96. The molecule has 2 aliphatic heterocycles. The Hall–Kier alpha value is -3.25. The maximum Gasteiger partial charge on any atom is 0.270 e. The summed E-state index contributed by atoms with van der Waals surface area (Å²) in [4.78, 5) is 30.0. The molecule has 2 aromatic rings. The van der Waals surface area contributed by atoms with Crippen LogP contribution in [0.5, 0.6) is 0 Å². The second-order valence-electron chi connectivity index (χ2n) is 9.71. The van der Waals surface area contributed by atoms with E-state index in [1.54, 1.807) is 6.08 Å². The third kappa shape index (κ3) is 4.30. The van der Waals surface area contributed by atoms with Gasteiger partial charge in [-0.2, -0.15) is 0 Å². The summed E-state index contributed by atoms with van der Waals surface area (Å²) in [7, 11) is 0. The van der Waals surface area contributed by atoms with E-state index >= 15 is 0 Å². The van der Waals surface area contributed by atoms with E-state index in [1.165, 1.54) is 16.2 Å². The quantitative estimate of drug-likeness (QED) is 0.360. The third-order valence-electron chi connectivity index (χ3n) is 6.33. The second kappa shape index (κ2) is 8.84. The van der Waals surface area contributed by atoms with Crippen LogP contribution in [0.2, 0.25) is 0 Å². The molecule has 1 fully saturated rings. The molecule has 5 nitrogen and oxygen atoms in total. The van der Waals surface area contributed by atoms with Crippen molar-refractivity contribution >= 4 is 52.2 Å². The van der Waals surface area contributed by atoms with E-state index in [9.17, 15) is 9.59 Å². The lowest BCUT2D eigenvalue weighted by Gasteiger charge is -2.43. The SMILES string of the molecule is CCCN1c2ccc(/C=C3/C(=O)NC(=S)N(c4cc(C)cc(C)c4)C3=O)cc2C(C)=CC1(C)C. The number of anilines is 2. The van der Waals surface area contributed by atoms with Gasteiger partial charge in [-0.25, -0.2) is 0 Å². The zero-order valence-electron chi connectivity index (χ0n) is 20.7. The standard InChI is InChI=1S/C28H31N3O2S/c1-7-10-30-24-9-8-20(14-22(24)19(4)16-28(30,5)6)15-23-25(32)29-27(34)31(26(23)33)21-12-17(2)11-18(3)13-21/h8-9,11-16H,7,10H2,1-6H3,(H,29,32,34)/b23-15-. The van der Waals surface area contributed by atoms with E-state index in [0.717, 1.165) is 35.2 Å². The largest absolute Gasteiger partial charge is 0.362 e. The molecule has 0 radical (unpaired) electrons. The lowest BCUT2D eigenvalue weighted by molar-refractivity contribution is -0.122. The molecule has 34 heavy (non-hydrogen) atoms. The Balaban J connectivity index is 1.75. The van der Waals surface area contributed by atoms with Gasteiger partial charge in [-0.15, -0.1) is 0 Å². The van der Waals surface area contributed by atoms with Gasteiger partial charge in [0.15, 0.2) is 5.11 Å². The number of hydrogen-bond donors (Lipinski definition) is 1. The van der Waals surface area contributed by atoms with Crippen LogP contribution in [0.4, 0.5) is 11.4 Å². The van der Waals surface area contributed by atoms with Gasteiger partial charge in [0.05, 0.1) is 11.2 Å². The molecule has 1 N–H and O–H groups in total. The Morgan fingerprint density at radius 3 is 2.35 bits per heavy atom. The number of carbonyl (C=O) groups excluding carboxylic acids is 2. The summed E-state index contributed by atoms with van der Waals surface area (Å²) < 4.78 is 0. The Kier molecular flexibility index (Phi) is 6.21. The first-order valence-corrected chi connectivity index (χ1v) is 12.0. The number of fused-ring (bicyclic) bond motifs is 1. The van der Waals surface area contributed by atoms with Gasteiger partial charge in [-0.05, 0) is 106 Å². The van der Waals surface area contributed by atoms with Gasteiger partial charge in [0.1, 0.15) is 5.57 Å². The van der Waals surface area contributed by atoms with E-state index < -0.39 is 11.8 Å². The highest BCUT2D eigenvalue weighted by atomic mass is 32.1. The minimum Gasteiger partial charge on any atom is -0.362 e. The van der Waals surface area contributed by atoms with Gasteiger partial charge < -0.3 is 4.90 Å². The van der Waals surface area contributed by atoms with Crippen molar-refractivity contribution in [2.75, 3.05) is 16.3 Å². The van der Waals surface area contributed by atoms with Gasteiger partial charge in [-0.3, -0.25) is 19.8 Å². The maximum atomic E-state index is 13.4. The van der Waals surface area contributed by atoms with Crippen LogP contribution in [0.3, 0.4) is 0 Å². The molecule has 0 saturated carbocycles. The zero-order chi connectivity index (χ0) is 24.8. The molecule has 2 heterocycles. The molecule has 0 aliphatic carbocycles. The third-order valence-corrected chi connectivity index (χ3v) is 6.61. The summed E-state index contributed by atoms with van der Waals surface area (Å²) in [5.74, 6) is -0.896. The fourth-order valence-corrected chi connectivity index (χ4v) is 5.24. The highest BCUT2D eigenvalue weighted by Gasteiger charge is 2.35. The summed E-state index contributed by atoms with van der Waals surface area (Å²) in [5.41, 5.74) is 6.96. The van der Waals surface area contributed by atoms with Crippen molar-refractivity contribution in [1.82, 2.24) is 5.32 Å². The normalized spacial score (nSPS) is 18.7. The first kappa shape index (κ1) is 23.9. The van der Waals surface area contributed by atoms with Crippen molar-refractivity contribution in [3.8, 4) is 0 Å². The summed E-state index contributed by atoms with van der Waals surface area (Å²) in [6.07, 6.45) is 4.98. The van der Waals surface area contributed by atoms with Crippen molar-refractivity contribution in [2.45, 2.75) is 53.5 Å². The number of amides is 2. The highest BCUT2D eigenvalue weighted by Crippen LogP contribution is 2.39. The number of thiocarbonyl (C=S) groups is 1. The number of nitrogens with zero attached hydrogens (tertiary/aromatic N) is 2. The Morgan fingerprint density at radius 2 is 1.71 bits per heavy atom. The van der Waals surface area contributed by atoms with E-state index in [-0.39, 0.29) is 16.2 Å². The molecular formula is C28H31N3O2S. The fraction of sp³-hybridized carbons (Fsp3) is 0.321. The topological polar surface area (TPSA) is 52.7 Å². The molecule has 2 aliphatic rings. The number of carbonyl (C=O) groups is 2. The Labute approximate surface area is 207 Å². The second-order valence-corrected chi connectivity index (χ2v) is 10.1. The van der Waals surface area contributed by atoms with Crippen molar-refractivity contribution in [3.05, 3.63) is 70.3 Å². The molecule has 2 amide bonds. The molecule has 0 spiro atoms. The number of nitrogens with one attached hydrogen (secondary N) is 1. The monoisotopic (exact) mass is 473 g/mol. The molecular weight excluding hydrogens is 442 g/mol. The summed E-state index contributed by atoms with van der Waals surface area (Å²) >= 11 is 5.35. The van der Waals surface area contributed by atoms with Crippen LogP contribution in [0.1, 0.15) is 56.4 Å². The van der Waals surface area contributed by atoms with Crippen molar-refractivity contribution in [3.63, 3.8) is 0 Å². The minimum atomic E-state index is -0.477. The van der Waals surface area contributed by atoms with E-state index in [2.05, 4.69) is 56.1 Å². The first-order valence-electron chi connectivity index (χ1n) is 11.6. The molecule has 0 unspecified atom stereocenters. The van der Waals surface area contributed by atoms with Crippen LogP contribution in [0.15, 0.2) is 48.0 Å². The molecule has 0 aromatic heterocycles. The highest BCUT2D eigenvalue weighted by molar-refractivity contribution is 7.80. The van der Waals surface area contributed by atoms with Crippen LogP contribution < -0.4 is 15.1 Å². The number of benzene rings is 2. The molecule has 2 aromatic carbocycles. The van der Waals surface area contributed by atoms with Crippen molar-refractivity contribution < 1.29 is 9.59 Å². The minimum absolute atomic E-state index is 0.0656. The number of allylic oxidation sites excluding steroid dienone is 1. The number of aryl methyl sites for hydroxylation is 2. The summed E-state index contributed by atoms with van der Waals surface area (Å²) in [6.45, 7) is 13.6. The van der Waals surface area contributed by atoms with Gasteiger partial charge in [-0.1, -0.05) is 25.1 Å². The van der Waals surface area contributed by atoms with Gasteiger partial charge in [0.2, 0.25) is 0 Å². The predicted octanol–water partition coefficient (Wildman–Crippen LogP) is 5.55. The first-order chi connectivity index (χ1) is 16.0. The molecule has 176 valence electrons. The maximum absolute atomic E-state index is 13.4. The van der Waals surface area contributed by atoms with Crippen LogP contribution in [-0.4, -0.2) is 29.0 Å². The van der Waals surface area contributed by atoms with Gasteiger partial charge in [0, 0.05) is 17.8 Å². The van der Waals surface area contributed by atoms with E-state index in [4.69, 9.17) is 12.2 Å². The molecule has 6 heteroatoms. The molecule has 0 bridgehead atoms. The zero-order valence-corrected chi connectivity index (χ0v) is 21.5. The Bertz CT molecular complexity index is 1250. The average molecular weight is 474 g/mol. The van der Waals surface area contributed by atoms with Crippen LogP contribution >= 0.6 is 12.2 Å². The van der Waals surface area contributed by atoms with Crippen molar-refractivity contribution in [1.29, 1.82) is 0 Å². The van der Waals surface area contributed by atoms with Crippen LogP contribution in [0.25, 0.3) is 11.6 Å². The van der Waals surface area contributed by atoms with Gasteiger partial charge in [0.25, 0.3) is 11.8 Å². The molecule has 4 rings (SSSR count). The lowest BCUT2D eigenvalue weighted by Crippen LogP contribution is -2.54. The number of rotatable bonds is 4. The van der Waals surface area contributed by atoms with Crippen LogP contribution in [-0.2, 0) is 9.59 Å². The van der Waals surface area contributed by atoms with E-state index in [1.807, 2.05) is 38.1 Å². The Morgan fingerprint density at radius 1 is 1.03 bits per heavy atom.